The van der Waals surface area contributed by atoms with Gasteiger partial charge in [0.1, 0.15) is 5.78 Å². The minimum absolute atomic E-state index is 0.327. The smallest absolute Gasteiger partial charge is 0.144 e. The minimum atomic E-state index is -0.361. The SMILES string of the molecule is CC(C)(Cc1ccccc1)C(=O)C(C)(C)Cc1ccccc1. The first-order valence-corrected chi connectivity index (χ1v) is 7.94. The Hall–Kier alpha value is -1.89. The normalized spacial score (nSPS) is 12.2. The molecule has 0 aliphatic rings. The Morgan fingerprint density at radius 2 is 1.00 bits per heavy atom. The molecular formula is C21H26O. The van der Waals surface area contributed by atoms with E-state index in [-0.39, 0.29) is 10.8 Å². The van der Waals surface area contributed by atoms with Crippen molar-refractivity contribution in [1.29, 1.82) is 0 Å². The molecule has 0 bridgehead atoms. The lowest BCUT2D eigenvalue weighted by Crippen LogP contribution is -2.39. The number of hydrogen-bond donors (Lipinski definition) is 0. The second kappa shape index (κ2) is 6.48. The lowest BCUT2D eigenvalue weighted by atomic mass is 9.68. The van der Waals surface area contributed by atoms with Gasteiger partial charge in [0.2, 0.25) is 0 Å². The summed E-state index contributed by atoms with van der Waals surface area (Å²) in [7, 11) is 0. The topological polar surface area (TPSA) is 17.1 Å². The van der Waals surface area contributed by atoms with Gasteiger partial charge in [-0.1, -0.05) is 88.4 Å². The first-order valence-electron chi connectivity index (χ1n) is 7.94. The van der Waals surface area contributed by atoms with Crippen molar-refractivity contribution < 1.29 is 4.79 Å². The molecular weight excluding hydrogens is 268 g/mol. The van der Waals surface area contributed by atoms with Gasteiger partial charge in [-0.05, 0) is 24.0 Å². The lowest BCUT2D eigenvalue weighted by Gasteiger charge is -2.33. The maximum absolute atomic E-state index is 13.1. The highest BCUT2D eigenvalue weighted by Gasteiger charge is 2.38. The van der Waals surface area contributed by atoms with E-state index in [0.717, 1.165) is 12.8 Å². The standard InChI is InChI=1S/C21H26O/c1-20(2,15-17-11-7-5-8-12-17)19(22)21(3,4)16-18-13-9-6-10-14-18/h5-14H,15-16H2,1-4H3. The molecule has 1 heteroatoms. The molecule has 2 aromatic rings. The predicted molar refractivity (Wildman–Crippen MR) is 92.9 cm³/mol. The van der Waals surface area contributed by atoms with Crippen LogP contribution in [0.2, 0.25) is 0 Å². The third-order valence-corrected chi connectivity index (χ3v) is 4.21. The summed E-state index contributed by atoms with van der Waals surface area (Å²) in [4.78, 5) is 13.1. The van der Waals surface area contributed by atoms with Crippen molar-refractivity contribution in [1.82, 2.24) is 0 Å². The van der Waals surface area contributed by atoms with E-state index >= 15 is 0 Å². The molecule has 116 valence electrons. The van der Waals surface area contributed by atoms with Gasteiger partial charge in [-0.2, -0.15) is 0 Å². The molecule has 0 saturated carbocycles. The van der Waals surface area contributed by atoms with Crippen LogP contribution >= 0.6 is 0 Å². The van der Waals surface area contributed by atoms with Gasteiger partial charge in [0, 0.05) is 10.8 Å². The predicted octanol–water partition coefficient (Wildman–Crippen LogP) is 5.09. The molecule has 0 N–H and O–H groups in total. The van der Waals surface area contributed by atoms with Gasteiger partial charge in [0.25, 0.3) is 0 Å². The molecule has 0 fully saturated rings. The first kappa shape index (κ1) is 16.5. The summed E-state index contributed by atoms with van der Waals surface area (Å²) < 4.78 is 0. The maximum atomic E-state index is 13.1. The van der Waals surface area contributed by atoms with Crippen LogP contribution in [-0.4, -0.2) is 5.78 Å². The Morgan fingerprint density at radius 1 is 0.682 bits per heavy atom. The number of Topliss-reactive ketones (excluding diaryl/α,β-unsaturated/α-hetero) is 1. The van der Waals surface area contributed by atoms with Gasteiger partial charge in [0.15, 0.2) is 0 Å². The van der Waals surface area contributed by atoms with Crippen LogP contribution in [-0.2, 0) is 17.6 Å². The van der Waals surface area contributed by atoms with E-state index in [0.29, 0.717) is 5.78 Å². The van der Waals surface area contributed by atoms with Gasteiger partial charge in [-0.15, -0.1) is 0 Å². The van der Waals surface area contributed by atoms with Gasteiger partial charge >= 0.3 is 0 Å². The first-order chi connectivity index (χ1) is 10.3. The van der Waals surface area contributed by atoms with Crippen molar-refractivity contribution in [3.8, 4) is 0 Å². The average Bonchev–Trinajstić information content (AvgIpc) is 2.47. The van der Waals surface area contributed by atoms with E-state index in [1.54, 1.807) is 0 Å². The fraction of sp³-hybridized carbons (Fsp3) is 0.381. The monoisotopic (exact) mass is 294 g/mol. The van der Waals surface area contributed by atoms with Crippen molar-refractivity contribution in [3.63, 3.8) is 0 Å². The summed E-state index contributed by atoms with van der Waals surface area (Å²) in [6.07, 6.45) is 1.57. The summed E-state index contributed by atoms with van der Waals surface area (Å²) in [5.41, 5.74) is 1.71. The quantitative estimate of drug-likeness (QED) is 0.725. The van der Waals surface area contributed by atoms with Crippen molar-refractivity contribution in [2.75, 3.05) is 0 Å². The van der Waals surface area contributed by atoms with Crippen LogP contribution < -0.4 is 0 Å². The largest absolute Gasteiger partial charge is 0.298 e. The Morgan fingerprint density at radius 3 is 1.32 bits per heavy atom. The Bertz CT molecular complexity index is 553. The minimum Gasteiger partial charge on any atom is -0.298 e. The Labute approximate surface area is 134 Å². The van der Waals surface area contributed by atoms with Gasteiger partial charge in [0.05, 0.1) is 0 Å². The van der Waals surface area contributed by atoms with Crippen molar-refractivity contribution in [2.24, 2.45) is 10.8 Å². The summed E-state index contributed by atoms with van der Waals surface area (Å²) in [6.45, 7) is 8.26. The molecule has 0 atom stereocenters. The molecule has 0 unspecified atom stereocenters. The van der Waals surface area contributed by atoms with Crippen LogP contribution in [0.1, 0.15) is 38.8 Å². The summed E-state index contributed by atoms with van der Waals surface area (Å²) >= 11 is 0. The zero-order chi connectivity index (χ0) is 16.2. The molecule has 22 heavy (non-hydrogen) atoms. The molecule has 0 radical (unpaired) electrons. The molecule has 0 aliphatic carbocycles. The van der Waals surface area contributed by atoms with E-state index in [4.69, 9.17) is 0 Å². The number of carbonyl (C=O) groups excluding carboxylic acids is 1. The number of ketones is 1. The van der Waals surface area contributed by atoms with Gasteiger partial charge in [-0.25, -0.2) is 0 Å². The number of carbonyl (C=O) groups is 1. The molecule has 2 aromatic carbocycles. The third-order valence-electron chi connectivity index (χ3n) is 4.21. The molecule has 0 amide bonds. The van der Waals surface area contributed by atoms with E-state index in [2.05, 4.69) is 52.0 Å². The molecule has 0 heterocycles. The highest BCUT2D eigenvalue weighted by molar-refractivity contribution is 5.89. The van der Waals surface area contributed by atoms with E-state index in [1.165, 1.54) is 11.1 Å². The van der Waals surface area contributed by atoms with Gasteiger partial charge in [-0.3, -0.25) is 4.79 Å². The van der Waals surface area contributed by atoms with Crippen LogP contribution in [0, 0.1) is 10.8 Å². The highest BCUT2D eigenvalue weighted by Crippen LogP contribution is 2.35. The summed E-state index contributed by atoms with van der Waals surface area (Å²) in [6, 6.07) is 20.5. The van der Waals surface area contributed by atoms with E-state index in [9.17, 15) is 4.79 Å². The molecule has 2 rings (SSSR count). The maximum Gasteiger partial charge on any atom is 0.144 e. The Kier molecular flexibility index (Phi) is 4.85. The average molecular weight is 294 g/mol. The number of rotatable bonds is 6. The van der Waals surface area contributed by atoms with Crippen molar-refractivity contribution >= 4 is 5.78 Å². The summed E-state index contributed by atoms with van der Waals surface area (Å²) in [5.74, 6) is 0.327. The van der Waals surface area contributed by atoms with E-state index < -0.39 is 0 Å². The molecule has 0 spiro atoms. The zero-order valence-electron chi connectivity index (χ0n) is 14.1. The fourth-order valence-corrected chi connectivity index (χ4v) is 3.29. The fourth-order valence-electron chi connectivity index (χ4n) is 3.29. The molecule has 0 aliphatic heterocycles. The highest BCUT2D eigenvalue weighted by atomic mass is 16.1. The molecule has 0 aromatic heterocycles. The van der Waals surface area contributed by atoms with Crippen LogP contribution in [0.5, 0.6) is 0 Å². The van der Waals surface area contributed by atoms with Crippen molar-refractivity contribution in [3.05, 3.63) is 71.8 Å². The van der Waals surface area contributed by atoms with Crippen LogP contribution in [0.3, 0.4) is 0 Å². The zero-order valence-corrected chi connectivity index (χ0v) is 14.1. The number of benzene rings is 2. The van der Waals surface area contributed by atoms with Crippen molar-refractivity contribution in [2.45, 2.75) is 40.5 Å². The third kappa shape index (κ3) is 4.07. The van der Waals surface area contributed by atoms with Gasteiger partial charge < -0.3 is 0 Å². The molecule has 1 nitrogen and oxygen atoms in total. The second-order valence-electron chi connectivity index (χ2n) is 7.42. The van der Waals surface area contributed by atoms with Crippen LogP contribution in [0.15, 0.2) is 60.7 Å². The number of hydrogen-bond acceptors (Lipinski definition) is 1. The molecule has 0 saturated heterocycles. The Balaban J connectivity index is 2.14. The van der Waals surface area contributed by atoms with Crippen LogP contribution in [0.4, 0.5) is 0 Å². The van der Waals surface area contributed by atoms with Crippen LogP contribution in [0.25, 0.3) is 0 Å². The van der Waals surface area contributed by atoms with E-state index in [1.807, 2.05) is 36.4 Å². The summed E-state index contributed by atoms with van der Waals surface area (Å²) in [5, 5.41) is 0. The second-order valence-corrected chi connectivity index (χ2v) is 7.42. The lowest BCUT2D eigenvalue weighted by molar-refractivity contribution is -0.135.